The molecule has 0 fully saturated rings. The summed E-state index contributed by atoms with van der Waals surface area (Å²) in [6.45, 7) is 4.62. The lowest BCUT2D eigenvalue weighted by Gasteiger charge is -2.12. The van der Waals surface area contributed by atoms with Gasteiger partial charge < -0.3 is 15.8 Å². The van der Waals surface area contributed by atoms with Crippen molar-refractivity contribution in [1.82, 2.24) is 5.32 Å². The number of carbonyl (C=O) groups excluding carboxylic acids is 1. The highest BCUT2D eigenvalue weighted by Crippen LogP contribution is 2.15. The Hall–Kier alpha value is -1.31. The molecule has 0 saturated carbocycles. The highest BCUT2D eigenvalue weighted by atomic mass is 35.5. The summed E-state index contributed by atoms with van der Waals surface area (Å²) in [5.41, 5.74) is 7.87. The molecule has 0 aliphatic carbocycles. The normalized spacial score (nSPS) is 12.2. The van der Waals surface area contributed by atoms with E-state index in [1.54, 1.807) is 0 Å². The van der Waals surface area contributed by atoms with Crippen LogP contribution in [0.4, 0.5) is 0 Å². The summed E-state index contributed by atoms with van der Waals surface area (Å²) in [6, 6.07) is 5.07. The van der Waals surface area contributed by atoms with E-state index in [1.165, 1.54) is 0 Å². The Morgan fingerprint density at radius 3 is 2.35 bits per heavy atom. The third-order valence-corrected chi connectivity index (χ3v) is 3.98. The topological polar surface area (TPSA) is 98.5 Å². The van der Waals surface area contributed by atoms with Crippen molar-refractivity contribution in [2.45, 2.75) is 26.3 Å². The van der Waals surface area contributed by atoms with Gasteiger partial charge in [0.1, 0.15) is 22.2 Å². The molecule has 1 rings (SSSR count). The molecule has 1 aromatic carbocycles. The predicted molar refractivity (Wildman–Crippen MR) is 94.0 cm³/mol. The number of nitrogens with one attached hydrogen (secondary N) is 1. The van der Waals surface area contributed by atoms with Gasteiger partial charge in [0.15, 0.2) is 0 Å². The number of hydrogen-bond acceptors (Lipinski definition) is 5. The summed E-state index contributed by atoms with van der Waals surface area (Å²) in [5, 5.41) is 2.63. The molecule has 0 bridgehead atoms. The number of aryl methyl sites for hydroxylation is 2. The van der Waals surface area contributed by atoms with E-state index in [1.807, 2.05) is 26.0 Å². The van der Waals surface area contributed by atoms with Gasteiger partial charge in [0.2, 0.25) is 5.91 Å². The van der Waals surface area contributed by atoms with Gasteiger partial charge in [0.05, 0.1) is 18.3 Å². The fraction of sp³-hybridized carbons (Fsp3) is 0.533. The maximum absolute atomic E-state index is 11.7. The van der Waals surface area contributed by atoms with Crippen molar-refractivity contribution in [3.63, 3.8) is 0 Å². The molecular formula is C15H25ClN2O4S. The van der Waals surface area contributed by atoms with Crippen LogP contribution in [-0.4, -0.2) is 45.5 Å². The maximum atomic E-state index is 11.7. The number of sulfone groups is 1. The van der Waals surface area contributed by atoms with Crippen LogP contribution in [0.3, 0.4) is 0 Å². The standard InChI is InChI=1S/C15H24N2O4S.ClH/c1-11-8-12(2)10-13(9-11)21-6-5-17-15(18)14(16)4-7-22(3,19)20;/h8-10,14H,4-7,16H2,1-3H3,(H,17,18);1H. The Kier molecular flexibility index (Phi) is 9.19. The van der Waals surface area contributed by atoms with Gasteiger partial charge in [-0.15, -0.1) is 12.4 Å². The zero-order valence-corrected chi connectivity index (χ0v) is 15.3. The van der Waals surface area contributed by atoms with Crippen molar-refractivity contribution >= 4 is 28.2 Å². The average Bonchev–Trinajstić information content (AvgIpc) is 2.38. The number of hydrogen-bond donors (Lipinski definition) is 2. The van der Waals surface area contributed by atoms with Gasteiger partial charge >= 0.3 is 0 Å². The molecule has 0 aliphatic heterocycles. The average molecular weight is 365 g/mol. The summed E-state index contributed by atoms with van der Waals surface area (Å²) in [7, 11) is -3.11. The lowest BCUT2D eigenvalue weighted by atomic mass is 10.1. The van der Waals surface area contributed by atoms with Gasteiger partial charge in [-0.1, -0.05) is 6.07 Å². The van der Waals surface area contributed by atoms with Crippen LogP contribution in [0.15, 0.2) is 18.2 Å². The number of halogens is 1. The van der Waals surface area contributed by atoms with E-state index in [4.69, 9.17) is 10.5 Å². The molecule has 0 heterocycles. The van der Waals surface area contributed by atoms with E-state index >= 15 is 0 Å². The summed E-state index contributed by atoms with van der Waals surface area (Å²) in [5.74, 6) is 0.293. The number of nitrogens with two attached hydrogens (primary N) is 1. The van der Waals surface area contributed by atoms with E-state index in [0.29, 0.717) is 13.2 Å². The molecule has 132 valence electrons. The predicted octanol–water partition coefficient (Wildman–Crippen LogP) is 0.982. The lowest BCUT2D eigenvalue weighted by molar-refractivity contribution is -0.122. The summed E-state index contributed by atoms with van der Waals surface area (Å²) >= 11 is 0. The fourth-order valence-corrected chi connectivity index (χ4v) is 2.64. The van der Waals surface area contributed by atoms with Gasteiger partial charge in [-0.25, -0.2) is 8.42 Å². The van der Waals surface area contributed by atoms with Gasteiger partial charge in [0, 0.05) is 6.26 Å². The van der Waals surface area contributed by atoms with Crippen molar-refractivity contribution in [2.24, 2.45) is 5.73 Å². The van der Waals surface area contributed by atoms with Gasteiger partial charge in [0.25, 0.3) is 0 Å². The van der Waals surface area contributed by atoms with Crippen molar-refractivity contribution in [1.29, 1.82) is 0 Å². The van der Waals surface area contributed by atoms with Crippen LogP contribution in [0, 0.1) is 13.8 Å². The van der Waals surface area contributed by atoms with E-state index in [0.717, 1.165) is 23.1 Å². The Morgan fingerprint density at radius 1 is 1.26 bits per heavy atom. The second kappa shape index (κ2) is 9.75. The molecule has 0 spiro atoms. The van der Waals surface area contributed by atoms with Crippen molar-refractivity contribution in [3.05, 3.63) is 29.3 Å². The van der Waals surface area contributed by atoms with Crippen LogP contribution >= 0.6 is 12.4 Å². The summed E-state index contributed by atoms with van der Waals surface area (Å²) < 4.78 is 27.6. The van der Waals surface area contributed by atoms with E-state index < -0.39 is 15.9 Å². The number of ether oxygens (including phenoxy) is 1. The van der Waals surface area contributed by atoms with E-state index in [-0.39, 0.29) is 30.5 Å². The zero-order chi connectivity index (χ0) is 16.8. The lowest BCUT2D eigenvalue weighted by Crippen LogP contribution is -2.42. The van der Waals surface area contributed by atoms with Crippen LogP contribution in [-0.2, 0) is 14.6 Å². The second-order valence-electron chi connectivity index (χ2n) is 5.49. The first-order valence-electron chi connectivity index (χ1n) is 7.09. The number of benzene rings is 1. The molecule has 0 aromatic heterocycles. The van der Waals surface area contributed by atoms with Crippen LogP contribution in [0.25, 0.3) is 0 Å². The first kappa shape index (κ1) is 21.7. The Balaban J connectivity index is 0.00000484. The molecule has 23 heavy (non-hydrogen) atoms. The minimum absolute atomic E-state index is 0. The van der Waals surface area contributed by atoms with Crippen LogP contribution in [0.1, 0.15) is 17.5 Å². The Labute approximate surface area is 144 Å². The van der Waals surface area contributed by atoms with Crippen LogP contribution < -0.4 is 15.8 Å². The highest BCUT2D eigenvalue weighted by Gasteiger charge is 2.15. The minimum atomic E-state index is -3.11. The smallest absolute Gasteiger partial charge is 0.237 e. The van der Waals surface area contributed by atoms with Gasteiger partial charge in [-0.05, 0) is 43.5 Å². The molecule has 1 unspecified atom stereocenters. The number of amides is 1. The second-order valence-corrected chi connectivity index (χ2v) is 7.75. The first-order chi connectivity index (χ1) is 10.2. The summed E-state index contributed by atoms with van der Waals surface area (Å²) in [4.78, 5) is 11.7. The number of rotatable bonds is 8. The first-order valence-corrected chi connectivity index (χ1v) is 9.15. The Morgan fingerprint density at radius 2 is 1.83 bits per heavy atom. The molecule has 1 amide bonds. The largest absolute Gasteiger partial charge is 0.492 e. The molecule has 1 atom stereocenters. The van der Waals surface area contributed by atoms with Crippen molar-refractivity contribution < 1.29 is 17.9 Å². The van der Waals surface area contributed by atoms with E-state index in [2.05, 4.69) is 11.4 Å². The molecule has 6 nitrogen and oxygen atoms in total. The molecule has 8 heteroatoms. The SMILES string of the molecule is Cc1cc(C)cc(OCCNC(=O)C(N)CCS(C)(=O)=O)c1.Cl. The number of carbonyl (C=O) groups is 1. The molecule has 0 saturated heterocycles. The Bertz CT molecular complexity index is 600. The molecule has 1 aromatic rings. The zero-order valence-electron chi connectivity index (χ0n) is 13.7. The third-order valence-electron chi connectivity index (χ3n) is 3.00. The fourth-order valence-electron chi connectivity index (χ4n) is 1.96. The molecular weight excluding hydrogens is 340 g/mol. The van der Waals surface area contributed by atoms with Gasteiger partial charge in [-0.3, -0.25) is 4.79 Å². The summed E-state index contributed by atoms with van der Waals surface area (Å²) in [6.07, 6.45) is 1.23. The van der Waals surface area contributed by atoms with Crippen molar-refractivity contribution in [2.75, 3.05) is 25.2 Å². The monoisotopic (exact) mass is 364 g/mol. The third kappa shape index (κ3) is 9.43. The minimum Gasteiger partial charge on any atom is -0.492 e. The molecule has 3 N–H and O–H groups in total. The maximum Gasteiger partial charge on any atom is 0.237 e. The van der Waals surface area contributed by atoms with Crippen LogP contribution in [0.2, 0.25) is 0 Å². The molecule has 0 aliphatic rings. The van der Waals surface area contributed by atoms with Crippen molar-refractivity contribution in [3.8, 4) is 5.75 Å². The van der Waals surface area contributed by atoms with E-state index in [9.17, 15) is 13.2 Å². The molecule has 0 radical (unpaired) electrons. The quantitative estimate of drug-likeness (QED) is 0.670. The van der Waals surface area contributed by atoms with Crippen LogP contribution in [0.5, 0.6) is 5.75 Å². The highest BCUT2D eigenvalue weighted by molar-refractivity contribution is 7.90. The van der Waals surface area contributed by atoms with Gasteiger partial charge in [-0.2, -0.15) is 0 Å².